The number of hydrazine groups is 1. The van der Waals surface area contributed by atoms with Gasteiger partial charge in [0.15, 0.2) is 5.16 Å². The fraction of sp³-hybridized carbons (Fsp3) is 0.111. The molecule has 3 N–H and O–H groups in total. The van der Waals surface area contributed by atoms with Crippen LogP contribution in [0.5, 0.6) is 0 Å². The van der Waals surface area contributed by atoms with Gasteiger partial charge in [-0.3, -0.25) is 0 Å². The zero-order valence-corrected chi connectivity index (χ0v) is 10.6. The highest BCUT2D eigenvalue weighted by Crippen LogP contribution is 2.26. The quantitative estimate of drug-likeness (QED) is 0.282. The maximum atomic E-state index is 5.35. The van der Waals surface area contributed by atoms with Gasteiger partial charge in [-0.2, -0.15) is 0 Å². The van der Waals surface area contributed by atoms with Crippen molar-refractivity contribution in [1.82, 2.24) is 19.9 Å². The fourth-order valence-corrected chi connectivity index (χ4v) is 2.25. The molecule has 0 atom stereocenters. The molecule has 0 saturated carbocycles. The molecule has 6 nitrogen and oxygen atoms in total. The number of thioether (sulfide) groups is 1. The number of hydrogen-bond acceptors (Lipinski definition) is 8. The molecule has 0 amide bonds. The summed E-state index contributed by atoms with van der Waals surface area (Å²) >= 11 is 2.89. The van der Waals surface area contributed by atoms with Crippen molar-refractivity contribution >= 4 is 29.3 Å². The number of rotatable bonds is 4. The number of hydrogen-bond donors (Lipinski definition) is 2. The Morgan fingerprint density at radius 2 is 2.18 bits per heavy atom. The van der Waals surface area contributed by atoms with E-state index in [4.69, 9.17) is 5.84 Å². The Labute approximate surface area is 107 Å². The van der Waals surface area contributed by atoms with Crippen LogP contribution in [0.4, 0.5) is 5.82 Å². The van der Waals surface area contributed by atoms with E-state index < -0.39 is 0 Å². The third-order valence-corrected chi connectivity index (χ3v) is 3.19. The highest BCUT2D eigenvalue weighted by Gasteiger charge is 2.05. The Bertz CT molecular complexity index is 470. The fourth-order valence-electron chi connectivity index (χ4n) is 1.07. The van der Waals surface area contributed by atoms with Gasteiger partial charge >= 0.3 is 0 Å². The van der Waals surface area contributed by atoms with Crippen LogP contribution in [-0.2, 0) is 0 Å². The third-order valence-electron chi connectivity index (χ3n) is 1.78. The van der Waals surface area contributed by atoms with E-state index in [1.807, 2.05) is 12.3 Å². The zero-order valence-electron chi connectivity index (χ0n) is 8.99. The second kappa shape index (κ2) is 5.80. The standard InChI is InChI=1S/C9H10N6S2/c1-16-9-13-6(15-10)4-8(14-9)17-7-2-3-11-5-12-7/h2-5H,10H2,1H3,(H,13,14,15). The SMILES string of the molecule is CSc1nc(NN)cc(Sc2ccncn2)n1. The van der Waals surface area contributed by atoms with Gasteiger partial charge in [0.1, 0.15) is 22.2 Å². The summed E-state index contributed by atoms with van der Waals surface area (Å²) in [6.45, 7) is 0. The smallest absolute Gasteiger partial charge is 0.190 e. The summed E-state index contributed by atoms with van der Waals surface area (Å²) in [5, 5.41) is 2.28. The lowest BCUT2D eigenvalue weighted by Crippen LogP contribution is -2.09. The van der Waals surface area contributed by atoms with Gasteiger partial charge in [-0.05, 0) is 24.1 Å². The van der Waals surface area contributed by atoms with Crippen molar-refractivity contribution in [3.05, 3.63) is 24.7 Å². The third kappa shape index (κ3) is 3.29. The average molecular weight is 266 g/mol. The molecule has 0 fully saturated rings. The van der Waals surface area contributed by atoms with Crippen LogP contribution in [0.3, 0.4) is 0 Å². The summed E-state index contributed by atoms with van der Waals surface area (Å²) < 4.78 is 0. The van der Waals surface area contributed by atoms with E-state index in [1.54, 1.807) is 12.3 Å². The lowest BCUT2D eigenvalue weighted by atomic mass is 10.6. The normalized spacial score (nSPS) is 10.2. The molecule has 0 spiro atoms. The molecule has 0 bridgehead atoms. The summed E-state index contributed by atoms with van der Waals surface area (Å²) in [4.78, 5) is 16.5. The zero-order chi connectivity index (χ0) is 12.1. The minimum absolute atomic E-state index is 0.584. The van der Waals surface area contributed by atoms with Crippen LogP contribution in [0, 0.1) is 0 Å². The minimum Gasteiger partial charge on any atom is -0.308 e. The maximum absolute atomic E-state index is 5.35. The largest absolute Gasteiger partial charge is 0.308 e. The van der Waals surface area contributed by atoms with Crippen molar-refractivity contribution in [1.29, 1.82) is 0 Å². The molecule has 0 aliphatic heterocycles. The van der Waals surface area contributed by atoms with Crippen molar-refractivity contribution in [2.75, 3.05) is 11.7 Å². The van der Waals surface area contributed by atoms with Crippen LogP contribution in [0.25, 0.3) is 0 Å². The molecule has 2 aromatic rings. The molecule has 2 heterocycles. The molecule has 0 radical (unpaired) electrons. The van der Waals surface area contributed by atoms with Crippen molar-refractivity contribution < 1.29 is 0 Å². The van der Waals surface area contributed by atoms with E-state index in [0.717, 1.165) is 10.1 Å². The lowest BCUT2D eigenvalue weighted by Gasteiger charge is -2.05. The van der Waals surface area contributed by atoms with Crippen LogP contribution in [-0.4, -0.2) is 26.2 Å². The first kappa shape index (κ1) is 12.1. The van der Waals surface area contributed by atoms with Crippen LogP contribution in [0.15, 0.2) is 39.9 Å². The van der Waals surface area contributed by atoms with Crippen LogP contribution in [0.2, 0.25) is 0 Å². The van der Waals surface area contributed by atoms with Gasteiger partial charge in [-0.25, -0.2) is 25.8 Å². The summed E-state index contributed by atoms with van der Waals surface area (Å²) in [5.41, 5.74) is 2.52. The maximum Gasteiger partial charge on any atom is 0.190 e. The molecule has 8 heteroatoms. The molecule has 0 saturated heterocycles. The second-order valence-electron chi connectivity index (χ2n) is 2.87. The Balaban J connectivity index is 2.26. The van der Waals surface area contributed by atoms with E-state index in [9.17, 15) is 0 Å². The molecule has 0 aromatic carbocycles. The van der Waals surface area contributed by atoms with Crippen LogP contribution >= 0.6 is 23.5 Å². The van der Waals surface area contributed by atoms with E-state index in [1.165, 1.54) is 29.9 Å². The Kier molecular flexibility index (Phi) is 4.13. The van der Waals surface area contributed by atoms with Crippen molar-refractivity contribution in [2.24, 2.45) is 5.84 Å². The number of anilines is 1. The molecule has 17 heavy (non-hydrogen) atoms. The number of nitrogens with two attached hydrogens (primary N) is 1. The summed E-state index contributed by atoms with van der Waals surface area (Å²) in [6.07, 6.45) is 5.10. The van der Waals surface area contributed by atoms with Crippen molar-refractivity contribution in [2.45, 2.75) is 15.2 Å². The van der Waals surface area contributed by atoms with Gasteiger partial charge < -0.3 is 5.43 Å². The van der Waals surface area contributed by atoms with Crippen molar-refractivity contribution in [3.8, 4) is 0 Å². The van der Waals surface area contributed by atoms with Gasteiger partial charge in [0, 0.05) is 12.3 Å². The molecule has 88 valence electrons. The van der Waals surface area contributed by atoms with Gasteiger partial charge in [0.25, 0.3) is 0 Å². The van der Waals surface area contributed by atoms with Crippen LogP contribution in [0.1, 0.15) is 0 Å². The molecular weight excluding hydrogens is 256 g/mol. The van der Waals surface area contributed by atoms with Crippen molar-refractivity contribution in [3.63, 3.8) is 0 Å². The second-order valence-corrected chi connectivity index (χ2v) is 4.69. The first-order valence-electron chi connectivity index (χ1n) is 4.65. The number of aromatic nitrogens is 4. The summed E-state index contributed by atoms with van der Waals surface area (Å²) in [6, 6.07) is 3.59. The lowest BCUT2D eigenvalue weighted by molar-refractivity contribution is 0.890. The Morgan fingerprint density at radius 1 is 1.29 bits per heavy atom. The predicted molar refractivity (Wildman–Crippen MR) is 67.8 cm³/mol. The van der Waals surface area contributed by atoms with E-state index in [-0.39, 0.29) is 0 Å². The van der Waals surface area contributed by atoms with Crippen LogP contribution < -0.4 is 11.3 Å². The highest BCUT2D eigenvalue weighted by atomic mass is 32.2. The first-order valence-corrected chi connectivity index (χ1v) is 6.69. The van der Waals surface area contributed by atoms with Gasteiger partial charge in [-0.15, -0.1) is 0 Å². The topological polar surface area (TPSA) is 89.6 Å². The molecule has 2 aromatic heterocycles. The summed E-state index contributed by atoms with van der Waals surface area (Å²) in [7, 11) is 0. The molecule has 0 unspecified atom stereocenters. The number of nitrogens with zero attached hydrogens (tertiary/aromatic N) is 4. The number of nitrogen functional groups attached to an aromatic ring is 1. The molecule has 0 aliphatic carbocycles. The van der Waals surface area contributed by atoms with Gasteiger partial charge in [0.05, 0.1) is 0 Å². The summed E-state index contributed by atoms with van der Waals surface area (Å²) in [5.74, 6) is 5.94. The van der Waals surface area contributed by atoms with Gasteiger partial charge in [-0.1, -0.05) is 11.8 Å². The molecule has 2 rings (SSSR count). The predicted octanol–water partition coefficient (Wildman–Crippen LogP) is 1.43. The highest BCUT2D eigenvalue weighted by molar-refractivity contribution is 7.99. The Hall–Kier alpha value is -1.38. The number of nitrogens with one attached hydrogen (secondary N) is 1. The molecule has 0 aliphatic rings. The molecular formula is C9H10N6S2. The van der Waals surface area contributed by atoms with E-state index in [2.05, 4.69) is 25.4 Å². The Morgan fingerprint density at radius 3 is 2.82 bits per heavy atom. The minimum atomic E-state index is 0.584. The average Bonchev–Trinajstić information content (AvgIpc) is 2.39. The van der Waals surface area contributed by atoms with E-state index >= 15 is 0 Å². The van der Waals surface area contributed by atoms with E-state index in [0.29, 0.717) is 11.0 Å². The van der Waals surface area contributed by atoms with Gasteiger partial charge in [0.2, 0.25) is 0 Å². The first-order chi connectivity index (χ1) is 8.31. The monoisotopic (exact) mass is 266 g/mol.